The van der Waals surface area contributed by atoms with Crippen LogP contribution < -0.4 is 5.32 Å². The van der Waals surface area contributed by atoms with Crippen molar-refractivity contribution in [3.63, 3.8) is 0 Å². The highest BCUT2D eigenvalue weighted by atomic mass is 16.2. The quantitative estimate of drug-likeness (QED) is 0.610. The Morgan fingerprint density at radius 2 is 1.69 bits per heavy atom. The van der Waals surface area contributed by atoms with E-state index in [1.165, 1.54) is 11.1 Å². The molecule has 0 bridgehead atoms. The molecule has 0 saturated carbocycles. The first-order chi connectivity index (χ1) is 14.1. The molecule has 1 N–H and O–H groups in total. The highest BCUT2D eigenvalue weighted by molar-refractivity contribution is 5.93. The molecule has 0 aliphatic carbocycles. The van der Waals surface area contributed by atoms with E-state index in [1.54, 1.807) is 23.5 Å². The second-order valence-electron chi connectivity index (χ2n) is 7.05. The van der Waals surface area contributed by atoms with E-state index < -0.39 is 0 Å². The van der Waals surface area contributed by atoms with Gasteiger partial charge in [0.2, 0.25) is 0 Å². The van der Waals surface area contributed by atoms with Crippen LogP contribution >= 0.6 is 0 Å². The van der Waals surface area contributed by atoms with Crippen molar-refractivity contribution in [3.05, 3.63) is 83.4 Å². The first-order valence-corrected chi connectivity index (χ1v) is 10.1. The second kappa shape index (κ2) is 9.82. The van der Waals surface area contributed by atoms with E-state index >= 15 is 0 Å². The fourth-order valence-electron chi connectivity index (χ4n) is 3.32. The fraction of sp³-hybridized carbons (Fsp3) is 0.292. The van der Waals surface area contributed by atoms with Crippen LogP contribution in [0.3, 0.4) is 0 Å². The maximum atomic E-state index is 12.8. The Hall–Kier alpha value is -3.21. The van der Waals surface area contributed by atoms with Crippen LogP contribution in [0.2, 0.25) is 0 Å². The molecule has 0 spiro atoms. The van der Waals surface area contributed by atoms with Gasteiger partial charge in [0.05, 0.1) is 0 Å². The molecule has 3 aromatic rings. The van der Waals surface area contributed by atoms with Crippen molar-refractivity contribution >= 4 is 17.3 Å². The van der Waals surface area contributed by atoms with Gasteiger partial charge in [0, 0.05) is 43.6 Å². The lowest BCUT2D eigenvalue weighted by molar-refractivity contribution is 0.0791. The molecule has 1 aromatic carbocycles. The summed E-state index contributed by atoms with van der Waals surface area (Å²) >= 11 is 0. The van der Waals surface area contributed by atoms with Crippen molar-refractivity contribution in [1.82, 2.24) is 14.9 Å². The summed E-state index contributed by atoms with van der Waals surface area (Å²) in [4.78, 5) is 22.9. The van der Waals surface area contributed by atoms with Crippen molar-refractivity contribution in [2.24, 2.45) is 0 Å². The van der Waals surface area contributed by atoms with Gasteiger partial charge < -0.3 is 10.2 Å². The summed E-state index contributed by atoms with van der Waals surface area (Å²) in [7, 11) is 1.81. The number of pyridine rings is 2. The van der Waals surface area contributed by atoms with E-state index in [4.69, 9.17) is 0 Å². The SMILES string of the molecule is CCc1cccc(CC)c1Nc1ccnc(C(=O)N(C)CCc2ccncc2)c1. The zero-order valence-electron chi connectivity index (χ0n) is 17.4. The topological polar surface area (TPSA) is 58.1 Å². The smallest absolute Gasteiger partial charge is 0.272 e. The van der Waals surface area contributed by atoms with E-state index in [0.717, 1.165) is 36.2 Å². The molecule has 3 rings (SSSR count). The Labute approximate surface area is 172 Å². The van der Waals surface area contributed by atoms with Gasteiger partial charge >= 0.3 is 0 Å². The average molecular weight is 389 g/mol. The van der Waals surface area contributed by atoms with Crippen LogP contribution in [-0.2, 0) is 19.3 Å². The molecule has 5 nitrogen and oxygen atoms in total. The number of hydrogen-bond donors (Lipinski definition) is 1. The molecular weight excluding hydrogens is 360 g/mol. The number of aromatic nitrogens is 2. The van der Waals surface area contributed by atoms with Crippen LogP contribution in [0.15, 0.2) is 61.1 Å². The molecule has 5 heteroatoms. The predicted octanol–water partition coefficient (Wildman–Crippen LogP) is 4.66. The van der Waals surface area contributed by atoms with Crippen LogP contribution in [-0.4, -0.2) is 34.4 Å². The lowest BCUT2D eigenvalue weighted by Gasteiger charge is -2.18. The number of amides is 1. The minimum absolute atomic E-state index is 0.0813. The summed E-state index contributed by atoms with van der Waals surface area (Å²) in [5.74, 6) is -0.0813. The van der Waals surface area contributed by atoms with Crippen LogP contribution in [0.1, 0.15) is 41.0 Å². The Kier molecular flexibility index (Phi) is 6.95. The third-order valence-electron chi connectivity index (χ3n) is 5.08. The van der Waals surface area contributed by atoms with Crippen molar-refractivity contribution in [3.8, 4) is 0 Å². The van der Waals surface area contributed by atoms with Gasteiger partial charge in [-0.25, -0.2) is 0 Å². The standard InChI is InChI=1S/C24H28N4O/c1-4-19-7-6-8-20(5-2)23(19)27-21-11-15-26-22(17-21)24(29)28(3)16-12-18-9-13-25-14-10-18/h6-11,13-15,17H,4-5,12,16H2,1-3H3,(H,26,27). The third kappa shape index (κ3) is 5.19. The van der Waals surface area contributed by atoms with Gasteiger partial charge in [-0.15, -0.1) is 0 Å². The first kappa shape index (κ1) is 20.5. The Balaban J connectivity index is 1.73. The summed E-state index contributed by atoms with van der Waals surface area (Å²) in [6.45, 7) is 4.93. The van der Waals surface area contributed by atoms with E-state index in [0.29, 0.717) is 12.2 Å². The summed E-state index contributed by atoms with van der Waals surface area (Å²) in [5.41, 5.74) is 6.15. The van der Waals surface area contributed by atoms with Gasteiger partial charge in [0.1, 0.15) is 5.69 Å². The Morgan fingerprint density at radius 1 is 1.00 bits per heavy atom. The number of anilines is 2. The molecule has 0 atom stereocenters. The van der Waals surface area contributed by atoms with Gasteiger partial charge in [-0.1, -0.05) is 32.0 Å². The third-order valence-corrected chi connectivity index (χ3v) is 5.08. The van der Waals surface area contributed by atoms with Crippen molar-refractivity contribution in [1.29, 1.82) is 0 Å². The number of carbonyl (C=O) groups excluding carboxylic acids is 1. The second-order valence-corrected chi connectivity index (χ2v) is 7.05. The molecule has 0 fully saturated rings. The number of benzene rings is 1. The van der Waals surface area contributed by atoms with Crippen LogP contribution in [0, 0.1) is 0 Å². The maximum Gasteiger partial charge on any atom is 0.272 e. The highest BCUT2D eigenvalue weighted by Gasteiger charge is 2.14. The molecule has 0 saturated heterocycles. The highest BCUT2D eigenvalue weighted by Crippen LogP contribution is 2.26. The molecule has 2 aromatic heterocycles. The van der Waals surface area contributed by atoms with Gasteiger partial charge in [-0.2, -0.15) is 0 Å². The number of rotatable bonds is 8. The number of nitrogens with zero attached hydrogens (tertiary/aromatic N) is 3. The van der Waals surface area contributed by atoms with E-state index in [1.807, 2.05) is 31.3 Å². The fourth-order valence-corrected chi connectivity index (χ4v) is 3.32. The maximum absolute atomic E-state index is 12.8. The normalized spacial score (nSPS) is 10.6. The molecule has 2 heterocycles. The number of hydrogen-bond acceptors (Lipinski definition) is 4. The molecule has 150 valence electrons. The predicted molar refractivity (Wildman–Crippen MR) is 118 cm³/mol. The Bertz CT molecular complexity index is 934. The van der Waals surface area contributed by atoms with E-state index in [-0.39, 0.29) is 5.91 Å². The number of nitrogens with one attached hydrogen (secondary N) is 1. The molecule has 0 aliphatic rings. The summed E-state index contributed by atoms with van der Waals surface area (Å²) < 4.78 is 0. The van der Waals surface area contributed by atoms with Gasteiger partial charge in [-0.3, -0.25) is 14.8 Å². The number of carbonyl (C=O) groups is 1. The van der Waals surface area contributed by atoms with Crippen LogP contribution in [0.4, 0.5) is 11.4 Å². The molecule has 0 aliphatic heterocycles. The van der Waals surface area contributed by atoms with Gasteiger partial charge in [-0.05, 0) is 60.2 Å². The van der Waals surface area contributed by atoms with Gasteiger partial charge in [0.15, 0.2) is 0 Å². The van der Waals surface area contributed by atoms with Crippen molar-refractivity contribution in [2.75, 3.05) is 18.9 Å². The molecule has 0 unspecified atom stereocenters. The van der Waals surface area contributed by atoms with E-state index in [2.05, 4.69) is 47.3 Å². The zero-order valence-corrected chi connectivity index (χ0v) is 17.4. The van der Waals surface area contributed by atoms with Crippen LogP contribution in [0.5, 0.6) is 0 Å². The van der Waals surface area contributed by atoms with Crippen molar-refractivity contribution in [2.45, 2.75) is 33.1 Å². The minimum Gasteiger partial charge on any atom is -0.355 e. The average Bonchev–Trinajstić information content (AvgIpc) is 2.78. The monoisotopic (exact) mass is 388 g/mol. The summed E-state index contributed by atoms with van der Waals surface area (Å²) in [5, 5.41) is 3.52. The van der Waals surface area contributed by atoms with Crippen LogP contribution in [0.25, 0.3) is 0 Å². The lowest BCUT2D eigenvalue weighted by atomic mass is 10.0. The number of para-hydroxylation sites is 1. The summed E-state index contributed by atoms with van der Waals surface area (Å²) in [6.07, 6.45) is 7.91. The number of aryl methyl sites for hydroxylation is 2. The summed E-state index contributed by atoms with van der Waals surface area (Å²) in [6, 6.07) is 14.1. The van der Waals surface area contributed by atoms with E-state index in [9.17, 15) is 4.79 Å². The molecular formula is C24H28N4O. The lowest BCUT2D eigenvalue weighted by Crippen LogP contribution is -2.29. The van der Waals surface area contributed by atoms with Crippen molar-refractivity contribution < 1.29 is 4.79 Å². The first-order valence-electron chi connectivity index (χ1n) is 10.1. The zero-order chi connectivity index (χ0) is 20.6. The number of likely N-dealkylation sites (N-methyl/N-ethyl adjacent to an activating group) is 1. The largest absolute Gasteiger partial charge is 0.355 e. The molecule has 1 amide bonds. The Morgan fingerprint density at radius 3 is 2.34 bits per heavy atom. The molecule has 0 radical (unpaired) electrons. The molecule has 29 heavy (non-hydrogen) atoms. The minimum atomic E-state index is -0.0813. The van der Waals surface area contributed by atoms with Gasteiger partial charge in [0.25, 0.3) is 5.91 Å².